The van der Waals surface area contributed by atoms with E-state index in [1.807, 2.05) is 38.1 Å². The Bertz CT molecular complexity index is 1470. The quantitative estimate of drug-likeness (QED) is 0.242. The van der Waals surface area contributed by atoms with Crippen LogP contribution in [0.5, 0.6) is 0 Å². The summed E-state index contributed by atoms with van der Waals surface area (Å²) in [4.78, 5) is 0.0249. The Morgan fingerprint density at radius 3 is 2.23 bits per heavy atom. The van der Waals surface area contributed by atoms with Gasteiger partial charge >= 0.3 is 6.18 Å². The van der Waals surface area contributed by atoms with Crippen LogP contribution < -0.4 is 4.31 Å². The number of anilines is 1. The van der Waals surface area contributed by atoms with Crippen molar-refractivity contribution in [3.8, 4) is 0 Å². The third kappa shape index (κ3) is 4.92. The van der Waals surface area contributed by atoms with Crippen molar-refractivity contribution in [2.45, 2.75) is 44.3 Å². The maximum absolute atomic E-state index is 13.9. The third-order valence-corrected chi connectivity index (χ3v) is 9.01. The molecule has 0 atom stereocenters. The second-order valence-electron chi connectivity index (χ2n) is 8.58. The van der Waals surface area contributed by atoms with Crippen molar-refractivity contribution in [1.29, 1.82) is 0 Å². The van der Waals surface area contributed by atoms with Gasteiger partial charge in [0.1, 0.15) is 10.8 Å². The molecule has 0 saturated heterocycles. The van der Waals surface area contributed by atoms with Crippen LogP contribution in [0.3, 0.4) is 0 Å². The first-order chi connectivity index (χ1) is 16.4. The molecule has 1 heterocycles. The molecule has 4 aromatic rings. The van der Waals surface area contributed by atoms with E-state index in [1.165, 1.54) is 29.5 Å². The summed E-state index contributed by atoms with van der Waals surface area (Å²) in [5.41, 5.74) is 0.257. The number of aryl methyl sites for hydroxylation is 1. The first-order valence-corrected chi connectivity index (χ1v) is 13.1. The molecule has 0 bridgehead atoms. The van der Waals surface area contributed by atoms with Gasteiger partial charge in [0.25, 0.3) is 10.0 Å². The molecule has 1 aromatic heterocycles. The van der Waals surface area contributed by atoms with E-state index >= 15 is 0 Å². The summed E-state index contributed by atoms with van der Waals surface area (Å²) >= 11 is 1.24. The molecular formula is C26H23F4NO2S2. The van der Waals surface area contributed by atoms with E-state index in [4.69, 9.17) is 0 Å². The van der Waals surface area contributed by atoms with Crippen LogP contribution in [0.1, 0.15) is 42.0 Å². The number of halogens is 4. The largest absolute Gasteiger partial charge is 0.419 e. The number of fused-ring (bicyclic) bond motifs is 1. The predicted octanol–water partition coefficient (Wildman–Crippen LogP) is 7.89. The van der Waals surface area contributed by atoms with E-state index < -0.39 is 27.6 Å². The van der Waals surface area contributed by atoms with Gasteiger partial charge in [0, 0.05) is 4.70 Å². The summed E-state index contributed by atoms with van der Waals surface area (Å²) in [5.74, 6) is -1.20. The Morgan fingerprint density at radius 1 is 0.971 bits per heavy atom. The van der Waals surface area contributed by atoms with Gasteiger partial charge in [-0.3, -0.25) is 4.31 Å². The molecule has 3 nitrogen and oxygen atoms in total. The summed E-state index contributed by atoms with van der Waals surface area (Å²) < 4.78 is 83.5. The van der Waals surface area contributed by atoms with Crippen LogP contribution in [0.25, 0.3) is 10.1 Å². The van der Waals surface area contributed by atoms with Crippen molar-refractivity contribution < 1.29 is 26.0 Å². The van der Waals surface area contributed by atoms with Gasteiger partial charge in [0.15, 0.2) is 0 Å². The minimum absolute atomic E-state index is 0.0249. The molecule has 9 heteroatoms. The fourth-order valence-corrected chi connectivity index (χ4v) is 6.80. The smallest absolute Gasteiger partial charge is 0.252 e. The van der Waals surface area contributed by atoms with E-state index in [0.29, 0.717) is 16.6 Å². The van der Waals surface area contributed by atoms with Gasteiger partial charge in [-0.2, -0.15) is 13.2 Å². The molecule has 3 aromatic carbocycles. The van der Waals surface area contributed by atoms with E-state index in [-0.39, 0.29) is 22.9 Å². The van der Waals surface area contributed by atoms with Crippen LogP contribution in [0.4, 0.5) is 22.6 Å². The van der Waals surface area contributed by atoms with Crippen molar-refractivity contribution in [2.24, 2.45) is 0 Å². The zero-order valence-corrected chi connectivity index (χ0v) is 20.9. The lowest BCUT2D eigenvalue weighted by Gasteiger charge is -2.25. The predicted molar refractivity (Wildman–Crippen MR) is 132 cm³/mol. The first-order valence-electron chi connectivity index (χ1n) is 10.9. The average Bonchev–Trinajstić information content (AvgIpc) is 3.13. The fraction of sp³-hybridized carbons (Fsp3) is 0.231. The molecule has 0 radical (unpaired) electrons. The van der Waals surface area contributed by atoms with Crippen molar-refractivity contribution in [3.63, 3.8) is 0 Å². The minimum atomic E-state index is -4.90. The van der Waals surface area contributed by atoms with Crippen LogP contribution in [0.2, 0.25) is 0 Å². The highest BCUT2D eigenvalue weighted by molar-refractivity contribution is 7.93. The standard InChI is InChI=1S/C26H23F4NO2S2/c1-16(2)19-9-11-20(12-10-19)35(32,33)31(25-17(3)21-6-4-5-7-24(21)34-25)15-18-8-13-23(27)22(14-18)26(28,29)30/h4-14,16H,15H2,1-3H3. The Hall–Kier alpha value is -2.91. The van der Waals surface area contributed by atoms with Crippen LogP contribution in [-0.4, -0.2) is 8.42 Å². The first kappa shape index (κ1) is 25.2. The number of rotatable bonds is 6. The number of benzene rings is 3. The summed E-state index contributed by atoms with van der Waals surface area (Å²) in [6, 6.07) is 16.4. The molecule has 0 N–H and O–H groups in total. The van der Waals surface area contributed by atoms with Crippen LogP contribution in [-0.2, 0) is 22.7 Å². The molecule has 0 aliphatic rings. The van der Waals surface area contributed by atoms with Crippen LogP contribution >= 0.6 is 11.3 Å². The highest BCUT2D eigenvalue weighted by atomic mass is 32.2. The molecule has 0 spiro atoms. The van der Waals surface area contributed by atoms with Crippen molar-refractivity contribution >= 4 is 36.4 Å². The third-order valence-electron chi connectivity index (χ3n) is 5.84. The van der Waals surface area contributed by atoms with Gasteiger partial charge in [0.2, 0.25) is 0 Å². The number of hydrogen-bond acceptors (Lipinski definition) is 3. The lowest BCUT2D eigenvalue weighted by atomic mass is 10.0. The minimum Gasteiger partial charge on any atom is -0.252 e. The fourth-order valence-electron chi connectivity index (χ4n) is 3.87. The molecule has 0 saturated carbocycles. The number of nitrogens with zero attached hydrogens (tertiary/aromatic N) is 1. The summed E-state index contributed by atoms with van der Waals surface area (Å²) in [5, 5.41) is 1.26. The second-order valence-corrected chi connectivity index (χ2v) is 11.5. The number of sulfonamides is 1. The van der Waals surface area contributed by atoms with Gasteiger partial charge in [-0.25, -0.2) is 12.8 Å². The van der Waals surface area contributed by atoms with E-state index in [0.717, 1.165) is 26.0 Å². The molecule has 35 heavy (non-hydrogen) atoms. The Labute approximate surface area is 205 Å². The topological polar surface area (TPSA) is 37.4 Å². The lowest BCUT2D eigenvalue weighted by molar-refractivity contribution is -0.140. The Morgan fingerprint density at radius 2 is 1.63 bits per heavy atom. The highest BCUT2D eigenvalue weighted by Gasteiger charge is 2.35. The molecule has 0 aliphatic heterocycles. The lowest BCUT2D eigenvalue weighted by Crippen LogP contribution is -2.30. The van der Waals surface area contributed by atoms with Crippen molar-refractivity contribution in [3.05, 3.63) is 94.8 Å². The van der Waals surface area contributed by atoms with Crippen molar-refractivity contribution in [1.82, 2.24) is 0 Å². The Balaban J connectivity index is 1.87. The number of alkyl halides is 3. The van der Waals surface area contributed by atoms with Crippen LogP contribution in [0, 0.1) is 12.7 Å². The maximum atomic E-state index is 13.9. The molecule has 4 rings (SSSR count). The van der Waals surface area contributed by atoms with E-state index in [1.54, 1.807) is 19.1 Å². The average molecular weight is 522 g/mol. The summed E-state index contributed by atoms with van der Waals surface area (Å²) in [6.07, 6.45) is -4.90. The van der Waals surface area contributed by atoms with Gasteiger partial charge in [-0.15, -0.1) is 11.3 Å². The zero-order chi connectivity index (χ0) is 25.5. The number of thiophene rings is 1. The molecule has 0 amide bonds. The molecule has 0 fully saturated rings. The zero-order valence-electron chi connectivity index (χ0n) is 19.2. The van der Waals surface area contributed by atoms with Gasteiger partial charge in [0.05, 0.1) is 17.0 Å². The monoisotopic (exact) mass is 521 g/mol. The molecule has 184 valence electrons. The SMILES string of the molecule is Cc1c(N(Cc2ccc(F)c(C(F)(F)F)c2)S(=O)(=O)c2ccc(C(C)C)cc2)sc2ccccc12. The maximum Gasteiger partial charge on any atom is 0.419 e. The Kier molecular flexibility index (Phi) is 6.68. The van der Waals surface area contributed by atoms with Gasteiger partial charge < -0.3 is 0 Å². The van der Waals surface area contributed by atoms with Crippen LogP contribution in [0.15, 0.2) is 71.6 Å². The van der Waals surface area contributed by atoms with E-state index in [9.17, 15) is 26.0 Å². The number of hydrogen-bond donors (Lipinski definition) is 0. The second kappa shape index (κ2) is 9.28. The summed E-state index contributed by atoms with van der Waals surface area (Å²) in [6.45, 7) is 5.38. The molecule has 0 aliphatic carbocycles. The molecule has 0 unspecified atom stereocenters. The molecular weight excluding hydrogens is 498 g/mol. The highest BCUT2D eigenvalue weighted by Crippen LogP contribution is 2.41. The van der Waals surface area contributed by atoms with E-state index in [2.05, 4.69) is 0 Å². The normalized spacial score (nSPS) is 12.5. The van der Waals surface area contributed by atoms with Gasteiger partial charge in [-0.05, 0) is 65.3 Å². The summed E-state index contributed by atoms with van der Waals surface area (Å²) in [7, 11) is -4.15. The van der Waals surface area contributed by atoms with Gasteiger partial charge in [-0.1, -0.05) is 50.2 Å². The van der Waals surface area contributed by atoms with Crippen molar-refractivity contribution in [2.75, 3.05) is 4.31 Å².